The highest BCUT2D eigenvalue weighted by atomic mass is 32.1. The molecular weight excluding hydrogens is 370 g/mol. The van der Waals surface area contributed by atoms with Crippen LogP contribution in [-0.2, 0) is 0 Å². The third-order valence-corrected chi connectivity index (χ3v) is 5.81. The average molecular weight is 396 g/mol. The molecule has 1 N–H and O–H groups in total. The average Bonchev–Trinajstić information content (AvgIpc) is 3.10. The summed E-state index contributed by atoms with van der Waals surface area (Å²) >= 11 is 1.41. The highest BCUT2D eigenvalue weighted by Crippen LogP contribution is 2.29. The zero-order chi connectivity index (χ0) is 20.1. The Morgan fingerprint density at radius 3 is 2.43 bits per heavy atom. The summed E-state index contributed by atoms with van der Waals surface area (Å²) < 4.78 is 5.20. The number of methoxy groups -OCH3 is 1. The Labute approximate surface area is 170 Å². The van der Waals surface area contributed by atoms with E-state index in [4.69, 9.17) is 4.74 Å². The van der Waals surface area contributed by atoms with Gasteiger partial charge in [-0.1, -0.05) is 30.3 Å². The number of nitrogens with zero attached hydrogens (tertiary/aromatic N) is 2. The van der Waals surface area contributed by atoms with Crippen LogP contribution in [0.5, 0.6) is 5.75 Å². The van der Waals surface area contributed by atoms with Crippen molar-refractivity contribution in [3.8, 4) is 16.3 Å². The van der Waals surface area contributed by atoms with E-state index in [1.54, 1.807) is 7.11 Å². The molecule has 1 heterocycles. The van der Waals surface area contributed by atoms with Gasteiger partial charge in [0, 0.05) is 12.1 Å². The van der Waals surface area contributed by atoms with E-state index in [2.05, 4.69) is 27.3 Å². The summed E-state index contributed by atoms with van der Waals surface area (Å²) in [6, 6.07) is 18.0. The lowest BCUT2D eigenvalue weighted by atomic mass is 10.1. The second-order valence-electron chi connectivity index (χ2n) is 6.76. The van der Waals surface area contributed by atoms with Gasteiger partial charge in [-0.3, -0.25) is 4.79 Å². The topological polar surface area (TPSA) is 54.5 Å². The normalized spacial score (nSPS) is 12.0. The van der Waals surface area contributed by atoms with E-state index in [0.717, 1.165) is 22.0 Å². The van der Waals surface area contributed by atoms with Crippen LogP contribution in [0.1, 0.15) is 27.0 Å². The van der Waals surface area contributed by atoms with Crippen LogP contribution >= 0.6 is 11.3 Å². The van der Waals surface area contributed by atoms with E-state index in [1.807, 2.05) is 63.5 Å². The molecule has 28 heavy (non-hydrogen) atoms. The molecule has 0 bridgehead atoms. The van der Waals surface area contributed by atoms with Gasteiger partial charge in [-0.05, 0) is 50.8 Å². The molecule has 2 aromatic carbocycles. The Morgan fingerprint density at radius 2 is 1.82 bits per heavy atom. The molecule has 6 heteroatoms. The zero-order valence-corrected chi connectivity index (χ0v) is 17.4. The highest BCUT2D eigenvalue weighted by molar-refractivity contribution is 7.17. The molecule has 1 aromatic heterocycles. The fraction of sp³-hybridized carbons (Fsp3) is 0.273. The SMILES string of the molecule is COc1ccc(-c2nc(C)c(C(=O)NCC(c3ccccc3)N(C)C)s2)cc1. The van der Waals surface area contributed by atoms with E-state index in [1.165, 1.54) is 16.9 Å². The molecule has 3 aromatic rings. The number of likely N-dealkylation sites (N-methyl/N-ethyl adjacent to an activating group) is 1. The van der Waals surface area contributed by atoms with Gasteiger partial charge in [0.15, 0.2) is 0 Å². The molecule has 0 radical (unpaired) electrons. The molecule has 1 unspecified atom stereocenters. The number of aryl methyl sites for hydroxylation is 1. The van der Waals surface area contributed by atoms with Crippen LogP contribution in [0.2, 0.25) is 0 Å². The molecular formula is C22H25N3O2S. The molecule has 0 saturated heterocycles. The van der Waals surface area contributed by atoms with E-state index in [-0.39, 0.29) is 11.9 Å². The second kappa shape index (κ2) is 8.99. The van der Waals surface area contributed by atoms with E-state index >= 15 is 0 Å². The Bertz CT molecular complexity index is 921. The van der Waals surface area contributed by atoms with Gasteiger partial charge < -0.3 is 15.0 Å². The number of nitrogens with one attached hydrogen (secondary N) is 1. The van der Waals surface area contributed by atoms with Crippen molar-refractivity contribution in [2.45, 2.75) is 13.0 Å². The minimum absolute atomic E-state index is 0.0856. The number of ether oxygens (including phenoxy) is 1. The Hall–Kier alpha value is -2.70. The number of carbonyl (C=O) groups excluding carboxylic acids is 1. The minimum atomic E-state index is -0.0856. The van der Waals surface area contributed by atoms with Crippen molar-refractivity contribution in [1.82, 2.24) is 15.2 Å². The number of benzene rings is 2. The monoisotopic (exact) mass is 395 g/mol. The molecule has 5 nitrogen and oxygen atoms in total. The predicted octanol–water partition coefficient (Wildman–Crippen LogP) is 4.16. The van der Waals surface area contributed by atoms with Crippen LogP contribution in [0, 0.1) is 6.92 Å². The quantitative estimate of drug-likeness (QED) is 0.653. The molecule has 146 valence electrons. The van der Waals surface area contributed by atoms with Crippen LogP contribution < -0.4 is 10.1 Å². The summed E-state index contributed by atoms with van der Waals surface area (Å²) in [6.45, 7) is 2.41. The van der Waals surface area contributed by atoms with Crippen LogP contribution in [0.25, 0.3) is 10.6 Å². The van der Waals surface area contributed by atoms with E-state index in [0.29, 0.717) is 11.4 Å². The molecule has 0 aliphatic heterocycles. The predicted molar refractivity (Wildman–Crippen MR) is 114 cm³/mol. The van der Waals surface area contributed by atoms with Gasteiger partial charge in [0.2, 0.25) is 0 Å². The molecule has 3 rings (SSSR count). The van der Waals surface area contributed by atoms with Crippen LogP contribution in [-0.4, -0.2) is 43.5 Å². The van der Waals surface area contributed by atoms with Crippen molar-refractivity contribution in [3.63, 3.8) is 0 Å². The van der Waals surface area contributed by atoms with Crippen LogP contribution in [0.3, 0.4) is 0 Å². The Morgan fingerprint density at radius 1 is 1.14 bits per heavy atom. The van der Waals surface area contributed by atoms with E-state index in [9.17, 15) is 4.79 Å². The number of amides is 1. The van der Waals surface area contributed by atoms with Gasteiger partial charge >= 0.3 is 0 Å². The summed E-state index contributed by atoms with van der Waals surface area (Å²) in [4.78, 5) is 20.1. The summed E-state index contributed by atoms with van der Waals surface area (Å²) in [5.41, 5.74) is 2.89. The van der Waals surface area contributed by atoms with Crippen molar-refractivity contribution in [1.29, 1.82) is 0 Å². The fourth-order valence-corrected chi connectivity index (χ4v) is 4.00. The summed E-state index contributed by atoms with van der Waals surface area (Å²) in [5, 5.41) is 3.90. The number of thiazole rings is 1. The number of hydrogen-bond donors (Lipinski definition) is 1. The van der Waals surface area contributed by atoms with Gasteiger partial charge in [-0.15, -0.1) is 11.3 Å². The fourth-order valence-electron chi connectivity index (χ4n) is 3.01. The van der Waals surface area contributed by atoms with Crippen LogP contribution in [0.15, 0.2) is 54.6 Å². The molecule has 0 aliphatic carbocycles. The van der Waals surface area contributed by atoms with Crippen molar-refractivity contribution in [2.24, 2.45) is 0 Å². The molecule has 1 atom stereocenters. The maximum absolute atomic E-state index is 12.8. The minimum Gasteiger partial charge on any atom is -0.497 e. The lowest BCUT2D eigenvalue weighted by molar-refractivity contribution is 0.0945. The van der Waals surface area contributed by atoms with Gasteiger partial charge in [-0.2, -0.15) is 0 Å². The standard InChI is InChI=1S/C22H25N3O2S/c1-15-20(28-22(24-15)17-10-12-18(27-4)13-11-17)21(26)23-14-19(25(2)3)16-8-6-5-7-9-16/h5-13,19H,14H2,1-4H3,(H,23,26). The molecule has 0 spiro atoms. The second-order valence-corrected chi connectivity index (χ2v) is 7.76. The molecule has 0 aliphatic rings. The molecule has 0 saturated carbocycles. The highest BCUT2D eigenvalue weighted by Gasteiger charge is 2.19. The first-order valence-corrected chi connectivity index (χ1v) is 9.92. The summed E-state index contributed by atoms with van der Waals surface area (Å²) in [5.74, 6) is 0.711. The van der Waals surface area contributed by atoms with Crippen LogP contribution in [0.4, 0.5) is 0 Å². The third-order valence-electron chi connectivity index (χ3n) is 4.60. The number of aromatic nitrogens is 1. The largest absolute Gasteiger partial charge is 0.497 e. The van der Waals surface area contributed by atoms with Crippen molar-refractivity contribution in [3.05, 3.63) is 70.7 Å². The summed E-state index contributed by atoms with van der Waals surface area (Å²) in [6.07, 6.45) is 0. The van der Waals surface area contributed by atoms with Crippen molar-refractivity contribution >= 4 is 17.2 Å². The zero-order valence-electron chi connectivity index (χ0n) is 16.6. The number of hydrogen-bond acceptors (Lipinski definition) is 5. The smallest absolute Gasteiger partial charge is 0.263 e. The lowest BCUT2D eigenvalue weighted by Crippen LogP contribution is -2.34. The van der Waals surface area contributed by atoms with Gasteiger partial charge in [0.25, 0.3) is 5.91 Å². The lowest BCUT2D eigenvalue weighted by Gasteiger charge is -2.25. The number of rotatable bonds is 7. The first-order valence-electron chi connectivity index (χ1n) is 9.11. The van der Waals surface area contributed by atoms with Crippen molar-refractivity contribution < 1.29 is 9.53 Å². The Balaban J connectivity index is 1.72. The van der Waals surface area contributed by atoms with Gasteiger partial charge in [0.05, 0.1) is 18.8 Å². The van der Waals surface area contributed by atoms with Gasteiger partial charge in [-0.25, -0.2) is 4.98 Å². The Kier molecular flexibility index (Phi) is 6.44. The van der Waals surface area contributed by atoms with Gasteiger partial charge in [0.1, 0.15) is 15.6 Å². The maximum Gasteiger partial charge on any atom is 0.263 e. The first-order chi connectivity index (χ1) is 13.5. The third kappa shape index (κ3) is 4.58. The molecule has 1 amide bonds. The van der Waals surface area contributed by atoms with Crippen molar-refractivity contribution in [2.75, 3.05) is 27.7 Å². The summed E-state index contributed by atoms with van der Waals surface area (Å²) in [7, 11) is 5.68. The maximum atomic E-state index is 12.8. The first kappa shape index (κ1) is 20.0. The van der Waals surface area contributed by atoms with E-state index < -0.39 is 0 Å². The molecule has 0 fully saturated rings. The number of carbonyl (C=O) groups is 1.